The number of carbonyl (C=O) groups is 1. The second kappa shape index (κ2) is 7.70. The van der Waals surface area contributed by atoms with Crippen LogP contribution in [0.3, 0.4) is 0 Å². The molecule has 3 rings (SSSR count). The summed E-state index contributed by atoms with van der Waals surface area (Å²) in [6.45, 7) is 6.09. The third-order valence-corrected chi connectivity index (χ3v) is 5.24. The van der Waals surface area contributed by atoms with Crippen LogP contribution in [0.15, 0.2) is 17.8 Å². The van der Waals surface area contributed by atoms with E-state index in [0.717, 1.165) is 48.9 Å². The van der Waals surface area contributed by atoms with Crippen LogP contribution in [0.25, 0.3) is 0 Å². The first kappa shape index (κ1) is 16.8. The van der Waals surface area contributed by atoms with Gasteiger partial charge >= 0.3 is 5.97 Å². The molecule has 1 fully saturated rings. The normalized spacial score (nSPS) is 15.5. The Hall–Kier alpha value is -2.02. The number of piperidine rings is 1. The van der Waals surface area contributed by atoms with Gasteiger partial charge in [-0.15, -0.1) is 11.3 Å². The standard InChI is InChI=1S/C17H22N4O2S/c1-3-12-9-18-17(19-10-12)21-7-5-13(6-8-21)15-20-14(11-24-15)16(22)23-4-2/h9-11,13H,3-8H2,1-2H3. The van der Waals surface area contributed by atoms with Gasteiger partial charge in [-0.3, -0.25) is 0 Å². The lowest BCUT2D eigenvalue weighted by Crippen LogP contribution is -2.34. The second-order valence-corrected chi connectivity index (χ2v) is 6.69. The quantitative estimate of drug-likeness (QED) is 0.775. The first-order valence-electron chi connectivity index (χ1n) is 8.39. The predicted molar refractivity (Wildman–Crippen MR) is 93.7 cm³/mol. The average molecular weight is 346 g/mol. The number of carbonyl (C=O) groups excluding carboxylic acids is 1. The molecule has 0 amide bonds. The highest BCUT2D eigenvalue weighted by atomic mass is 32.1. The van der Waals surface area contributed by atoms with Crippen LogP contribution >= 0.6 is 11.3 Å². The van der Waals surface area contributed by atoms with E-state index < -0.39 is 0 Å². The van der Waals surface area contributed by atoms with Crippen molar-refractivity contribution in [2.45, 2.75) is 39.0 Å². The number of anilines is 1. The van der Waals surface area contributed by atoms with Crippen molar-refractivity contribution in [1.29, 1.82) is 0 Å². The first-order chi connectivity index (χ1) is 11.7. The third-order valence-electron chi connectivity index (χ3n) is 4.23. The molecule has 0 N–H and O–H groups in total. The van der Waals surface area contributed by atoms with Crippen molar-refractivity contribution in [2.75, 3.05) is 24.6 Å². The van der Waals surface area contributed by atoms with Crippen molar-refractivity contribution in [3.05, 3.63) is 34.0 Å². The lowest BCUT2D eigenvalue weighted by atomic mass is 9.98. The predicted octanol–water partition coefficient (Wildman–Crippen LogP) is 3.06. The number of thiazole rings is 1. The number of rotatable bonds is 5. The fourth-order valence-electron chi connectivity index (χ4n) is 2.79. The van der Waals surface area contributed by atoms with E-state index in [1.165, 1.54) is 0 Å². The van der Waals surface area contributed by atoms with E-state index in [4.69, 9.17) is 4.74 Å². The van der Waals surface area contributed by atoms with Gasteiger partial charge in [-0.1, -0.05) is 6.92 Å². The Bertz CT molecular complexity index is 678. The van der Waals surface area contributed by atoms with Crippen LogP contribution < -0.4 is 4.90 Å². The molecule has 6 nitrogen and oxygen atoms in total. The lowest BCUT2D eigenvalue weighted by molar-refractivity contribution is 0.0520. The molecule has 0 saturated carbocycles. The molecule has 0 spiro atoms. The Morgan fingerprint density at radius 1 is 1.29 bits per heavy atom. The Balaban J connectivity index is 1.59. The molecule has 0 bridgehead atoms. The number of nitrogens with zero attached hydrogens (tertiary/aromatic N) is 4. The van der Waals surface area contributed by atoms with Crippen LogP contribution in [0.1, 0.15) is 53.7 Å². The molecular formula is C17H22N4O2S. The molecule has 0 unspecified atom stereocenters. The van der Waals surface area contributed by atoms with Gasteiger partial charge in [0.2, 0.25) is 5.95 Å². The van der Waals surface area contributed by atoms with Gasteiger partial charge in [-0.25, -0.2) is 19.7 Å². The van der Waals surface area contributed by atoms with E-state index in [0.29, 0.717) is 18.2 Å². The van der Waals surface area contributed by atoms with Crippen molar-refractivity contribution in [3.8, 4) is 0 Å². The second-order valence-electron chi connectivity index (χ2n) is 5.80. The zero-order valence-electron chi connectivity index (χ0n) is 14.1. The Morgan fingerprint density at radius 2 is 2.00 bits per heavy atom. The molecule has 2 aromatic rings. The van der Waals surface area contributed by atoms with Crippen LogP contribution in [-0.4, -0.2) is 40.6 Å². The molecule has 7 heteroatoms. The Morgan fingerprint density at radius 3 is 2.62 bits per heavy atom. The van der Waals surface area contributed by atoms with Crippen LogP contribution in [0.2, 0.25) is 0 Å². The zero-order valence-corrected chi connectivity index (χ0v) is 14.9. The SMILES string of the molecule is CCOC(=O)c1csc(C2CCN(c3ncc(CC)cn3)CC2)n1. The first-order valence-corrected chi connectivity index (χ1v) is 9.27. The highest BCUT2D eigenvalue weighted by molar-refractivity contribution is 7.09. The average Bonchev–Trinajstić information content (AvgIpc) is 3.12. The fraction of sp³-hybridized carbons (Fsp3) is 0.529. The number of ether oxygens (including phenoxy) is 1. The van der Waals surface area contributed by atoms with Gasteiger partial charge in [0.1, 0.15) is 0 Å². The van der Waals surface area contributed by atoms with Crippen molar-refractivity contribution < 1.29 is 9.53 Å². The smallest absolute Gasteiger partial charge is 0.357 e. The molecular weight excluding hydrogens is 324 g/mol. The monoisotopic (exact) mass is 346 g/mol. The lowest BCUT2D eigenvalue weighted by Gasteiger charge is -2.31. The molecule has 0 aromatic carbocycles. The van der Waals surface area contributed by atoms with E-state index in [2.05, 4.69) is 26.8 Å². The molecule has 128 valence electrons. The van der Waals surface area contributed by atoms with Crippen molar-refractivity contribution in [2.24, 2.45) is 0 Å². The maximum atomic E-state index is 11.7. The summed E-state index contributed by atoms with van der Waals surface area (Å²) in [6.07, 6.45) is 6.75. The fourth-order valence-corrected chi connectivity index (χ4v) is 3.75. The third kappa shape index (κ3) is 3.72. The van der Waals surface area contributed by atoms with Gasteiger partial charge in [-0.2, -0.15) is 0 Å². The maximum Gasteiger partial charge on any atom is 0.357 e. The Labute approximate surface area is 145 Å². The van der Waals surface area contributed by atoms with Gasteiger partial charge in [0, 0.05) is 36.8 Å². The van der Waals surface area contributed by atoms with Gasteiger partial charge in [0.25, 0.3) is 0 Å². The summed E-state index contributed by atoms with van der Waals surface area (Å²) >= 11 is 1.55. The highest BCUT2D eigenvalue weighted by Gasteiger charge is 2.25. The molecule has 2 aromatic heterocycles. The van der Waals surface area contributed by atoms with Crippen LogP contribution in [0, 0.1) is 0 Å². The van der Waals surface area contributed by atoms with Gasteiger partial charge in [0.15, 0.2) is 5.69 Å². The molecule has 0 radical (unpaired) electrons. The van der Waals surface area contributed by atoms with E-state index >= 15 is 0 Å². The Kier molecular flexibility index (Phi) is 5.40. The summed E-state index contributed by atoms with van der Waals surface area (Å²) in [5, 5.41) is 2.83. The number of esters is 1. The summed E-state index contributed by atoms with van der Waals surface area (Å²) in [7, 11) is 0. The number of hydrogen-bond acceptors (Lipinski definition) is 7. The highest BCUT2D eigenvalue weighted by Crippen LogP contribution is 2.31. The molecule has 1 aliphatic rings. The minimum absolute atomic E-state index is 0.332. The van der Waals surface area contributed by atoms with Crippen LogP contribution in [-0.2, 0) is 11.2 Å². The summed E-state index contributed by atoms with van der Waals surface area (Å²) in [4.78, 5) is 27.3. The zero-order chi connectivity index (χ0) is 16.9. The van der Waals surface area contributed by atoms with Crippen LogP contribution in [0.4, 0.5) is 5.95 Å². The maximum absolute atomic E-state index is 11.7. The summed E-state index contributed by atoms with van der Waals surface area (Å²) < 4.78 is 5.00. The van der Waals surface area contributed by atoms with E-state index in [1.807, 2.05) is 12.4 Å². The number of hydrogen-bond donors (Lipinski definition) is 0. The van der Waals surface area contributed by atoms with E-state index in [9.17, 15) is 4.79 Å². The van der Waals surface area contributed by atoms with Gasteiger partial charge in [-0.05, 0) is 31.7 Å². The molecule has 3 heterocycles. The molecule has 1 saturated heterocycles. The van der Waals surface area contributed by atoms with Gasteiger partial charge < -0.3 is 9.64 Å². The van der Waals surface area contributed by atoms with Crippen molar-refractivity contribution >= 4 is 23.3 Å². The summed E-state index contributed by atoms with van der Waals surface area (Å²) in [5.74, 6) is 0.864. The molecule has 1 aliphatic heterocycles. The van der Waals surface area contributed by atoms with Gasteiger partial charge in [0.05, 0.1) is 11.6 Å². The largest absolute Gasteiger partial charge is 0.461 e. The molecule has 24 heavy (non-hydrogen) atoms. The topological polar surface area (TPSA) is 68.2 Å². The van der Waals surface area contributed by atoms with Crippen LogP contribution in [0.5, 0.6) is 0 Å². The minimum atomic E-state index is -0.332. The van der Waals surface area contributed by atoms with Crippen molar-refractivity contribution in [3.63, 3.8) is 0 Å². The number of aromatic nitrogens is 3. The summed E-state index contributed by atoms with van der Waals surface area (Å²) in [6, 6.07) is 0. The molecule has 0 aliphatic carbocycles. The molecule has 0 atom stereocenters. The summed E-state index contributed by atoms with van der Waals surface area (Å²) in [5.41, 5.74) is 1.58. The minimum Gasteiger partial charge on any atom is -0.461 e. The van der Waals surface area contributed by atoms with E-state index in [-0.39, 0.29) is 5.97 Å². The van der Waals surface area contributed by atoms with E-state index in [1.54, 1.807) is 23.6 Å². The van der Waals surface area contributed by atoms with Crippen molar-refractivity contribution in [1.82, 2.24) is 15.0 Å². The number of aryl methyl sites for hydroxylation is 1.